The molecule has 0 aliphatic carbocycles. The van der Waals surface area contributed by atoms with Gasteiger partial charge >= 0.3 is 5.97 Å². The van der Waals surface area contributed by atoms with E-state index in [4.69, 9.17) is 9.47 Å². The Morgan fingerprint density at radius 2 is 1.73 bits per heavy atom. The molecule has 8 nitrogen and oxygen atoms in total. The molecule has 2 aliphatic rings. The highest BCUT2D eigenvalue weighted by atomic mass is 32.2. The summed E-state index contributed by atoms with van der Waals surface area (Å²) >= 11 is 0. The molecule has 0 atom stereocenters. The lowest BCUT2D eigenvalue weighted by Crippen LogP contribution is -2.40. The molecule has 0 bridgehead atoms. The van der Waals surface area contributed by atoms with Crippen LogP contribution < -0.4 is 4.74 Å². The molecule has 2 saturated heterocycles. The molecule has 0 radical (unpaired) electrons. The molecule has 0 unspecified atom stereocenters. The smallest absolute Gasteiger partial charge is 0.309 e. The van der Waals surface area contributed by atoms with Crippen LogP contribution in [0.2, 0.25) is 0 Å². The van der Waals surface area contributed by atoms with E-state index in [1.165, 1.54) is 23.5 Å². The van der Waals surface area contributed by atoms with Gasteiger partial charge in [-0.3, -0.25) is 9.59 Å². The summed E-state index contributed by atoms with van der Waals surface area (Å²) in [6.07, 6.45) is 3.76. The van der Waals surface area contributed by atoms with Crippen molar-refractivity contribution in [3.8, 4) is 5.75 Å². The number of carbonyl (C=O) groups excluding carboxylic acids is 2. The molecular weight excluding hydrogens is 408 g/mol. The summed E-state index contributed by atoms with van der Waals surface area (Å²) in [5.74, 6) is -0.419. The van der Waals surface area contributed by atoms with Crippen molar-refractivity contribution in [3.63, 3.8) is 0 Å². The third-order valence-corrected chi connectivity index (χ3v) is 7.67. The number of rotatable bonds is 6. The second-order valence-corrected chi connectivity index (χ2v) is 9.56. The zero-order valence-electron chi connectivity index (χ0n) is 17.6. The van der Waals surface area contributed by atoms with Gasteiger partial charge in [0, 0.05) is 31.7 Å². The molecular formula is C21H30N2O6S. The summed E-state index contributed by atoms with van der Waals surface area (Å²) in [7, 11) is -2.32. The maximum atomic E-state index is 13.2. The van der Waals surface area contributed by atoms with Crippen LogP contribution in [0.15, 0.2) is 23.1 Å². The Kier molecular flexibility index (Phi) is 7.36. The largest absolute Gasteiger partial charge is 0.495 e. The molecule has 0 spiro atoms. The lowest BCUT2D eigenvalue weighted by atomic mass is 9.96. The van der Waals surface area contributed by atoms with E-state index in [1.54, 1.807) is 17.9 Å². The van der Waals surface area contributed by atoms with Crippen molar-refractivity contribution in [2.24, 2.45) is 5.92 Å². The standard InChI is InChI=1S/C21H30N2O6S/c1-3-29-21(25)16-9-13-22(14-10-16)20(24)17-7-8-18(28-2)19(15-17)30(26,27)23-11-5-4-6-12-23/h7-8,15-16H,3-6,9-14H2,1-2H3. The molecule has 2 heterocycles. The summed E-state index contributed by atoms with van der Waals surface area (Å²) in [6.45, 7) is 3.94. The molecule has 2 aliphatic heterocycles. The van der Waals surface area contributed by atoms with E-state index in [-0.39, 0.29) is 28.4 Å². The molecule has 1 aromatic rings. The quantitative estimate of drug-likeness (QED) is 0.633. The highest BCUT2D eigenvalue weighted by molar-refractivity contribution is 7.89. The molecule has 0 saturated carbocycles. The number of hydrogen-bond donors (Lipinski definition) is 0. The lowest BCUT2D eigenvalue weighted by molar-refractivity contribution is -0.149. The Hall–Kier alpha value is -2.13. The first-order valence-electron chi connectivity index (χ1n) is 10.5. The molecule has 30 heavy (non-hydrogen) atoms. The van der Waals surface area contributed by atoms with Gasteiger partial charge in [0.05, 0.1) is 19.6 Å². The summed E-state index contributed by atoms with van der Waals surface area (Å²) in [6, 6.07) is 4.55. The Bertz CT molecular complexity index is 871. The molecule has 9 heteroatoms. The van der Waals surface area contributed by atoms with Gasteiger partial charge in [0.15, 0.2) is 0 Å². The Morgan fingerprint density at radius 1 is 1.07 bits per heavy atom. The maximum absolute atomic E-state index is 13.2. The van der Waals surface area contributed by atoms with Crippen molar-refractivity contribution < 1.29 is 27.5 Å². The van der Waals surface area contributed by atoms with Gasteiger partial charge in [0.1, 0.15) is 10.6 Å². The van der Waals surface area contributed by atoms with E-state index in [0.717, 1.165) is 19.3 Å². The molecule has 1 aromatic carbocycles. The number of benzene rings is 1. The van der Waals surface area contributed by atoms with Crippen molar-refractivity contribution in [2.45, 2.75) is 43.9 Å². The van der Waals surface area contributed by atoms with E-state index >= 15 is 0 Å². The average Bonchev–Trinajstić information content (AvgIpc) is 2.79. The topological polar surface area (TPSA) is 93.2 Å². The molecule has 0 N–H and O–H groups in total. The van der Waals surface area contributed by atoms with E-state index in [0.29, 0.717) is 51.2 Å². The summed E-state index contributed by atoms with van der Waals surface area (Å²) in [4.78, 5) is 26.6. The minimum atomic E-state index is -3.74. The van der Waals surface area contributed by atoms with Crippen LogP contribution in [-0.2, 0) is 19.6 Å². The molecule has 2 fully saturated rings. The number of sulfonamides is 1. The van der Waals surface area contributed by atoms with Crippen molar-refractivity contribution in [1.82, 2.24) is 9.21 Å². The van der Waals surface area contributed by atoms with Crippen molar-refractivity contribution in [3.05, 3.63) is 23.8 Å². The second kappa shape index (κ2) is 9.78. The van der Waals surface area contributed by atoms with Gasteiger partial charge in [-0.05, 0) is 50.8 Å². The fraction of sp³-hybridized carbons (Fsp3) is 0.619. The Balaban J connectivity index is 1.78. The maximum Gasteiger partial charge on any atom is 0.309 e. The summed E-state index contributed by atoms with van der Waals surface area (Å²) in [5.41, 5.74) is 0.306. The minimum absolute atomic E-state index is 0.0270. The predicted molar refractivity (Wildman–Crippen MR) is 111 cm³/mol. The fourth-order valence-corrected chi connectivity index (χ4v) is 5.72. The van der Waals surface area contributed by atoms with Crippen LogP contribution in [0.3, 0.4) is 0 Å². The fourth-order valence-electron chi connectivity index (χ4n) is 4.02. The summed E-state index contributed by atoms with van der Waals surface area (Å²) < 4.78 is 38.2. The van der Waals surface area contributed by atoms with Gasteiger partial charge in [-0.1, -0.05) is 6.42 Å². The highest BCUT2D eigenvalue weighted by Gasteiger charge is 2.32. The van der Waals surface area contributed by atoms with Crippen LogP contribution in [-0.4, -0.2) is 69.4 Å². The second-order valence-electron chi connectivity index (χ2n) is 7.65. The van der Waals surface area contributed by atoms with Gasteiger partial charge < -0.3 is 14.4 Å². The van der Waals surface area contributed by atoms with Gasteiger partial charge in [0.25, 0.3) is 5.91 Å². The normalized spacial score (nSPS) is 18.8. The van der Waals surface area contributed by atoms with E-state index in [2.05, 4.69) is 0 Å². The number of ether oxygens (including phenoxy) is 2. The third-order valence-electron chi connectivity index (χ3n) is 5.75. The first-order chi connectivity index (χ1) is 14.4. The number of likely N-dealkylation sites (tertiary alicyclic amines) is 1. The SMILES string of the molecule is CCOC(=O)C1CCN(C(=O)c2ccc(OC)c(S(=O)(=O)N3CCCCC3)c2)CC1. The van der Waals surface area contributed by atoms with Crippen molar-refractivity contribution in [2.75, 3.05) is 39.9 Å². The van der Waals surface area contributed by atoms with Crippen molar-refractivity contribution in [1.29, 1.82) is 0 Å². The first-order valence-corrected chi connectivity index (χ1v) is 12.0. The molecule has 166 valence electrons. The number of esters is 1. The van der Waals surface area contributed by atoms with Crippen LogP contribution in [0, 0.1) is 5.92 Å². The third kappa shape index (κ3) is 4.78. The van der Waals surface area contributed by atoms with Crippen molar-refractivity contribution >= 4 is 21.9 Å². The van der Waals surface area contributed by atoms with Crippen LogP contribution >= 0.6 is 0 Å². The summed E-state index contributed by atoms with van der Waals surface area (Å²) in [5, 5.41) is 0. The molecule has 3 rings (SSSR count). The number of carbonyl (C=O) groups is 2. The lowest BCUT2D eigenvalue weighted by Gasteiger charge is -2.31. The Labute approximate surface area is 178 Å². The van der Waals surface area contributed by atoms with Gasteiger partial charge in [0.2, 0.25) is 10.0 Å². The van der Waals surface area contributed by atoms with Gasteiger partial charge in [-0.2, -0.15) is 4.31 Å². The van der Waals surface area contributed by atoms with E-state index < -0.39 is 10.0 Å². The number of piperidine rings is 2. The van der Waals surface area contributed by atoms with Crippen LogP contribution in [0.1, 0.15) is 49.4 Å². The number of methoxy groups -OCH3 is 1. The van der Waals surface area contributed by atoms with E-state index in [9.17, 15) is 18.0 Å². The highest BCUT2D eigenvalue weighted by Crippen LogP contribution is 2.30. The predicted octanol–water partition coefficient (Wildman–Crippen LogP) is 2.29. The van der Waals surface area contributed by atoms with Crippen LogP contribution in [0.5, 0.6) is 5.75 Å². The Morgan fingerprint density at radius 3 is 2.33 bits per heavy atom. The number of hydrogen-bond acceptors (Lipinski definition) is 6. The average molecular weight is 439 g/mol. The molecule has 0 aromatic heterocycles. The van der Waals surface area contributed by atoms with Gasteiger partial charge in [-0.25, -0.2) is 8.42 Å². The van der Waals surface area contributed by atoms with E-state index in [1.807, 2.05) is 0 Å². The number of nitrogens with zero attached hydrogens (tertiary/aromatic N) is 2. The first kappa shape index (κ1) is 22.6. The zero-order chi connectivity index (χ0) is 21.7. The zero-order valence-corrected chi connectivity index (χ0v) is 18.4. The number of amides is 1. The van der Waals surface area contributed by atoms with Gasteiger partial charge in [-0.15, -0.1) is 0 Å². The van der Waals surface area contributed by atoms with Crippen LogP contribution in [0.25, 0.3) is 0 Å². The molecule has 1 amide bonds. The van der Waals surface area contributed by atoms with Crippen LogP contribution in [0.4, 0.5) is 0 Å². The monoisotopic (exact) mass is 438 g/mol. The minimum Gasteiger partial charge on any atom is -0.495 e.